The van der Waals surface area contributed by atoms with Crippen molar-refractivity contribution in [1.29, 1.82) is 0 Å². The van der Waals surface area contributed by atoms with Crippen molar-refractivity contribution in [3.8, 4) is 17.6 Å². The van der Waals surface area contributed by atoms with Gasteiger partial charge in [-0.1, -0.05) is 11.8 Å². The van der Waals surface area contributed by atoms with Gasteiger partial charge in [0.25, 0.3) is 0 Å². The number of ether oxygens (including phenoxy) is 1. The van der Waals surface area contributed by atoms with Gasteiger partial charge in [0.05, 0.1) is 0 Å². The van der Waals surface area contributed by atoms with E-state index >= 15 is 0 Å². The number of rotatable bonds is 1. The second kappa shape index (κ2) is 5.69. The molecule has 0 saturated heterocycles. The van der Waals surface area contributed by atoms with Crippen molar-refractivity contribution in [3.05, 3.63) is 42.0 Å². The first-order chi connectivity index (χ1) is 8.74. The Morgan fingerprint density at radius 2 is 2.17 bits per heavy atom. The third-order valence-electron chi connectivity index (χ3n) is 2.17. The monoisotopic (exact) mass is 240 g/mol. The van der Waals surface area contributed by atoms with Crippen molar-refractivity contribution in [2.24, 2.45) is 5.10 Å². The van der Waals surface area contributed by atoms with Crippen LogP contribution in [0.5, 0.6) is 5.75 Å². The smallest absolute Gasteiger partial charge is 0.308 e. The molecule has 0 aliphatic carbocycles. The molecule has 0 fully saturated rings. The topological polar surface area (TPSA) is 50.7 Å². The molecule has 0 amide bonds. The van der Waals surface area contributed by atoms with Gasteiger partial charge in [0.1, 0.15) is 11.8 Å². The number of nitrogens with zero attached hydrogens (tertiary/aromatic N) is 1. The Balaban J connectivity index is 2.02. The van der Waals surface area contributed by atoms with E-state index in [9.17, 15) is 4.79 Å². The van der Waals surface area contributed by atoms with Crippen LogP contribution >= 0.6 is 0 Å². The van der Waals surface area contributed by atoms with Crippen LogP contribution in [0.4, 0.5) is 0 Å². The minimum atomic E-state index is -0.330. The van der Waals surface area contributed by atoms with Crippen LogP contribution in [0.25, 0.3) is 0 Å². The number of benzene rings is 1. The number of hydrogen-bond acceptors (Lipinski definition) is 4. The summed E-state index contributed by atoms with van der Waals surface area (Å²) in [6, 6.07) is 6.98. The van der Waals surface area contributed by atoms with Gasteiger partial charge in [-0.05, 0) is 36.4 Å². The van der Waals surface area contributed by atoms with Crippen molar-refractivity contribution in [2.75, 3.05) is 0 Å². The Labute approximate surface area is 105 Å². The maximum Gasteiger partial charge on any atom is 0.308 e. The first-order valence-electron chi connectivity index (χ1n) is 5.49. The van der Waals surface area contributed by atoms with E-state index in [-0.39, 0.29) is 12.0 Å². The van der Waals surface area contributed by atoms with E-state index < -0.39 is 0 Å². The summed E-state index contributed by atoms with van der Waals surface area (Å²) in [4.78, 5) is 10.8. The summed E-state index contributed by atoms with van der Waals surface area (Å²) >= 11 is 0. The molecule has 0 aromatic heterocycles. The first kappa shape index (κ1) is 11.9. The largest absolute Gasteiger partial charge is 0.427 e. The van der Waals surface area contributed by atoms with Gasteiger partial charge in [-0.3, -0.25) is 10.2 Å². The Morgan fingerprint density at radius 1 is 1.39 bits per heavy atom. The Bertz CT molecular complexity index is 547. The van der Waals surface area contributed by atoms with Gasteiger partial charge in [0.15, 0.2) is 0 Å². The maximum atomic E-state index is 10.8. The Morgan fingerprint density at radius 3 is 2.78 bits per heavy atom. The van der Waals surface area contributed by atoms with Gasteiger partial charge in [-0.2, -0.15) is 5.10 Å². The molecule has 1 atom stereocenters. The van der Waals surface area contributed by atoms with E-state index in [1.165, 1.54) is 6.92 Å². The van der Waals surface area contributed by atoms with Crippen molar-refractivity contribution < 1.29 is 9.53 Å². The van der Waals surface area contributed by atoms with Crippen molar-refractivity contribution in [2.45, 2.75) is 13.0 Å². The fraction of sp³-hybridized carbons (Fsp3) is 0.143. The molecule has 1 aromatic rings. The lowest BCUT2D eigenvalue weighted by Crippen LogP contribution is -2.22. The van der Waals surface area contributed by atoms with Crippen molar-refractivity contribution >= 4 is 12.2 Å². The van der Waals surface area contributed by atoms with Gasteiger partial charge in [-0.15, -0.1) is 0 Å². The number of hydrazone groups is 1. The van der Waals surface area contributed by atoms with E-state index in [4.69, 9.17) is 4.74 Å². The van der Waals surface area contributed by atoms with Gasteiger partial charge in [0, 0.05) is 18.7 Å². The molecule has 1 heterocycles. The number of esters is 1. The lowest BCUT2D eigenvalue weighted by atomic mass is 10.2. The third kappa shape index (κ3) is 3.49. The second-order valence-electron chi connectivity index (χ2n) is 3.66. The van der Waals surface area contributed by atoms with E-state index in [0.29, 0.717) is 5.75 Å². The molecular weight excluding hydrogens is 228 g/mol. The highest BCUT2D eigenvalue weighted by Crippen LogP contribution is 2.11. The Kier molecular flexibility index (Phi) is 3.77. The van der Waals surface area contributed by atoms with Crippen LogP contribution in [0.3, 0.4) is 0 Å². The molecule has 4 heteroatoms. The summed E-state index contributed by atoms with van der Waals surface area (Å²) in [5.74, 6) is 6.24. The minimum Gasteiger partial charge on any atom is -0.427 e. The lowest BCUT2D eigenvalue weighted by Gasteiger charge is -2.06. The average molecular weight is 240 g/mol. The molecular formula is C14H12N2O2. The summed E-state index contributed by atoms with van der Waals surface area (Å²) in [7, 11) is 0. The van der Waals surface area contributed by atoms with E-state index in [0.717, 1.165) is 5.56 Å². The molecule has 0 radical (unpaired) electrons. The molecule has 1 N–H and O–H groups in total. The molecule has 0 bridgehead atoms. The quantitative estimate of drug-likeness (QED) is 0.459. The fourth-order valence-electron chi connectivity index (χ4n) is 1.38. The molecule has 1 unspecified atom stereocenters. The summed E-state index contributed by atoms with van der Waals surface area (Å²) in [6.07, 6.45) is 5.44. The normalized spacial score (nSPS) is 16.4. The lowest BCUT2D eigenvalue weighted by molar-refractivity contribution is -0.131. The highest BCUT2D eigenvalue weighted by atomic mass is 16.5. The Hall–Kier alpha value is -2.54. The number of carbonyl (C=O) groups is 1. The van der Waals surface area contributed by atoms with Gasteiger partial charge >= 0.3 is 5.97 Å². The molecule has 2 rings (SSSR count). The minimum absolute atomic E-state index is 0.0665. The van der Waals surface area contributed by atoms with E-state index in [2.05, 4.69) is 22.4 Å². The van der Waals surface area contributed by atoms with Gasteiger partial charge in [0.2, 0.25) is 0 Å². The maximum absolute atomic E-state index is 10.8. The standard InChI is InChI=1S/C14H12N2O2/c1-11(17)18-14-8-5-12(6-9-14)4-7-13-3-2-10-15-16-13/h2-3,5-6,8-10,13,16H,1H3. The van der Waals surface area contributed by atoms with E-state index in [1.807, 2.05) is 12.2 Å². The second-order valence-corrected chi connectivity index (χ2v) is 3.66. The van der Waals surface area contributed by atoms with Crippen LogP contribution in [-0.2, 0) is 4.79 Å². The van der Waals surface area contributed by atoms with Crippen LogP contribution in [0.1, 0.15) is 12.5 Å². The van der Waals surface area contributed by atoms with Crippen LogP contribution in [0.2, 0.25) is 0 Å². The van der Waals surface area contributed by atoms with Crippen LogP contribution in [0, 0.1) is 11.8 Å². The predicted molar refractivity (Wildman–Crippen MR) is 69.2 cm³/mol. The van der Waals surface area contributed by atoms with E-state index in [1.54, 1.807) is 30.5 Å². The zero-order chi connectivity index (χ0) is 12.8. The van der Waals surface area contributed by atoms with Gasteiger partial charge < -0.3 is 4.74 Å². The van der Waals surface area contributed by atoms with Crippen molar-refractivity contribution in [1.82, 2.24) is 5.43 Å². The number of allylic oxidation sites excluding steroid dienone is 1. The van der Waals surface area contributed by atoms with Crippen molar-refractivity contribution in [3.63, 3.8) is 0 Å². The number of nitrogens with one attached hydrogen (secondary N) is 1. The summed E-state index contributed by atoms with van der Waals surface area (Å²) in [6.45, 7) is 1.37. The van der Waals surface area contributed by atoms with Crippen LogP contribution in [-0.4, -0.2) is 18.2 Å². The highest BCUT2D eigenvalue weighted by molar-refractivity contribution is 5.72. The predicted octanol–water partition coefficient (Wildman–Crippen LogP) is 1.48. The number of hydrogen-bond donors (Lipinski definition) is 1. The third-order valence-corrected chi connectivity index (χ3v) is 2.17. The summed E-state index contributed by atoms with van der Waals surface area (Å²) < 4.78 is 4.93. The highest BCUT2D eigenvalue weighted by Gasteiger charge is 1.99. The molecule has 18 heavy (non-hydrogen) atoms. The van der Waals surface area contributed by atoms with Crippen LogP contribution < -0.4 is 10.2 Å². The fourth-order valence-corrected chi connectivity index (χ4v) is 1.38. The van der Waals surface area contributed by atoms with Gasteiger partial charge in [-0.25, -0.2) is 0 Å². The molecule has 90 valence electrons. The van der Waals surface area contributed by atoms with Crippen LogP contribution in [0.15, 0.2) is 41.5 Å². The number of carbonyl (C=O) groups excluding carboxylic acids is 1. The first-order valence-corrected chi connectivity index (χ1v) is 5.49. The molecule has 0 saturated carbocycles. The SMILES string of the molecule is CC(=O)Oc1ccc(C#CC2C=CC=NN2)cc1. The molecule has 1 aliphatic heterocycles. The molecule has 0 spiro atoms. The zero-order valence-electron chi connectivity index (χ0n) is 9.88. The molecule has 4 nitrogen and oxygen atoms in total. The average Bonchev–Trinajstić information content (AvgIpc) is 2.38. The summed E-state index contributed by atoms with van der Waals surface area (Å²) in [5.41, 5.74) is 3.72. The summed E-state index contributed by atoms with van der Waals surface area (Å²) in [5, 5.41) is 3.90. The molecule has 1 aliphatic rings. The zero-order valence-corrected chi connectivity index (χ0v) is 9.88. The molecule has 1 aromatic carbocycles.